The molecular weight excluding hydrogens is 646 g/mol. The van der Waals surface area contributed by atoms with Gasteiger partial charge in [-0.05, 0) is 68.2 Å². The van der Waals surface area contributed by atoms with Crippen molar-refractivity contribution in [3.05, 3.63) is 59.7 Å². The summed E-state index contributed by atoms with van der Waals surface area (Å²) in [6, 6.07) is 0.561. The van der Waals surface area contributed by atoms with E-state index in [1.807, 2.05) is 6.92 Å². The predicted molar refractivity (Wildman–Crippen MR) is 160 cm³/mol. The highest BCUT2D eigenvalue weighted by atomic mass is 19.4. The minimum Gasteiger partial charge on any atom is -0.481 e. The van der Waals surface area contributed by atoms with Crippen LogP contribution in [0.15, 0.2) is 43.0 Å². The average Bonchev–Trinajstić information content (AvgIpc) is 3.68. The zero-order valence-electron chi connectivity index (χ0n) is 26.3. The molecule has 1 aliphatic carbocycles. The number of ether oxygens (including phenoxy) is 1. The minimum atomic E-state index is -5.02. The summed E-state index contributed by atoms with van der Waals surface area (Å²) < 4.78 is 89.5. The summed E-state index contributed by atoms with van der Waals surface area (Å²) in [5.74, 6) is -1.15. The molecule has 10 nitrogen and oxygen atoms in total. The molecule has 1 N–H and O–H groups in total. The topological polar surface area (TPSA) is 114 Å². The van der Waals surface area contributed by atoms with Gasteiger partial charge in [-0.2, -0.15) is 31.4 Å². The number of likely N-dealkylation sites (tertiary alicyclic amines) is 1. The van der Waals surface area contributed by atoms with Gasteiger partial charge in [0.25, 0.3) is 0 Å². The van der Waals surface area contributed by atoms with Gasteiger partial charge in [0, 0.05) is 55.9 Å². The standard InChI is InChI=1S/C32H36F6N6O4/c1-3-26-11-27(17-44(26)30(47)48-18-19-4-6-21(7-5-19)28(45)46)43(29-39-12-22(13-40-29)23-14-41-42(2)16-23)15-20-8-24(31(33,34)35)10-25(9-20)32(36,37)38/h8-10,12-14,16,19,21,26-27H,3-7,11,15,17-18H2,1-2H3,(H,45,46)/t19?,21?,26-,27+/m1/s1. The number of alkyl halides is 6. The van der Waals surface area contributed by atoms with Crippen molar-refractivity contribution in [2.45, 2.75) is 76.4 Å². The van der Waals surface area contributed by atoms with Crippen LogP contribution < -0.4 is 4.90 Å². The third-order valence-electron chi connectivity index (χ3n) is 9.11. The lowest BCUT2D eigenvalue weighted by Crippen LogP contribution is -2.41. The van der Waals surface area contributed by atoms with Crippen LogP contribution in [0.25, 0.3) is 11.1 Å². The Bertz CT molecular complexity index is 1550. The molecule has 3 aromatic rings. The SMILES string of the molecule is CC[C@@H]1C[C@H](N(Cc2cc(C(F)(F)F)cc(C(F)(F)F)c2)c2ncc(-c3cnn(C)c3)cn2)CN1C(=O)OCC1CCC(C(=O)O)CC1. The zero-order chi connectivity index (χ0) is 34.8. The molecule has 16 heteroatoms. The fourth-order valence-corrected chi connectivity index (χ4v) is 6.44. The number of nitrogens with zero attached hydrogens (tertiary/aromatic N) is 6. The Morgan fingerprint density at radius 3 is 2.10 bits per heavy atom. The Morgan fingerprint density at radius 2 is 1.58 bits per heavy atom. The lowest BCUT2D eigenvalue weighted by molar-refractivity contribution is -0.144. The molecule has 1 aliphatic heterocycles. The number of aromatic nitrogens is 4. The van der Waals surface area contributed by atoms with E-state index in [-0.39, 0.29) is 42.7 Å². The molecule has 2 aliphatic rings. The molecule has 2 atom stereocenters. The van der Waals surface area contributed by atoms with Crippen LogP contribution in [-0.4, -0.2) is 67.1 Å². The van der Waals surface area contributed by atoms with Crippen LogP contribution in [0, 0.1) is 11.8 Å². The second-order valence-corrected chi connectivity index (χ2v) is 12.5. The Balaban J connectivity index is 1.40. The van der Waals surface area contributed by atoms with Crippen molar-refractivity contribution >= 4 is 18.0 Å². The summed E-state index contributed by atoms with van der Waals surface area (Å²) in [5, 5.41) is 13.4. The first kappa shape index (κ1) is 35.0. The molecule has 5 rings (SSSR count). The van der Waals surface area contributed by atoms with Crippen LogP contribution in [0.2, 0.25) is 0 Å². The summed E-state index contributed by atoms with van der Waals surface area (Å²) >= 11 is 0. The highest BCUT2D eigenvalue weighted by Crippen LogP contribution is 2.38. The van der Waals surface area contributed by atoms with Crippen molar-refractivity contribution < 1.29 is 45.8 Å². The van der Waals surface area contributed by atoms with E-state index in [0.29, 0.717) is 61.8 Å². The van der Waals surface area contributed by atoms with Crippen LogP contribution in [0.4, 0.5) is 37.1 Å². The predicted octanol–water partition coefficient (Wildman–Crippen LogP) is 6.80. The average molecular weight is 683 g/mol. The number of hydrogen-bond acceptors (Lipinski definition) is 7. The second-order valence-electron chi connectivity index (χ2n) is 12.5. The summed E-state index contributed by atoms with van der Waals surface area (Å²) in [5.41, 5.74) is -1.80. The summed E-state index contributed by atoms with van der Waals surface area (Å²) in [4.78, 5) is 36.5. The molecule has 1 saturated heterocycles. The Hall–Kier alpha value is -4.37. The molecule has 2 aromatic heterocycles. The summed E-state index contributed by atoms with van der Waals surface area (Å²) in [6.45, 7) is 1.67. The molecular formula is C32H36F6N6O4. The first-order valence-corrected chi connectivity index (χ1v) is 15.6. The van der Waals surface area contributed by atoms with Gasteiger partial charge in [0.15, 0.2) is 0 Å². The highest BCUT2D eigenvalue weighted by molar-refractivity contribution is 5.70. The summed E-state index contributed by atoms with van der Waals surface area (Å²) in [6.07, 6.45) is -1.20. The molecule has 0 spiro atoms. The smallest absolute Gasteiger partial charge is 0.416 e. The molecule has 0 unspecified atom stereocenters. The van der Waals surface area contributed by atoms with Gasteiger partial charge in [-0.3, -0.25) is 9.48 Å². The molecule has 1 saturated carbocycles. The molecule has 48 heavy (non-hydrogen) atoms. The number of carbonyl (C=O) groups is 2. The lowest BCUT2D eigenvalue weighted by Gasteiger charge is -2.30. The number of carboxylic acid groups (broad SMARTS) is 1. The van der Waals surface area contributed by atoms with Crippen molar-refractivity contribution in [2.75, 3.05) is 18.1 Å². The summed E-state index contributed by atoms with van der Waals surface area (Å²) in [7, 11) is 1.73. The van der Waals surface area contributed by atoms with Crippen molar-refractivity contribution in [3.63, 3.8) is 0 Å². The van der Waals surface area contributed by atoms with E-state index >= 15 is 0 Å². The molecule has 3 heterocycles. The number of anilines is 1. The van der Waals surface area contributed by atoms with Crippen LogP contribution in [-0.2, 0) is 35.5 Å². The van der Waals surface area contributed by atoms with E-state index < -0.39 is 54.0 Å². The van der Waals surface area contributed by atoms with Gasteiger partial charge in [0.2, 0.25) is 5.95 Å². The van der Waals surface area contributed by atoms with Crippen molar-refractivity contribution in [2.24, 2.45) is 18.9 Å². The van der Waals surface area contributed by atoms with Gasteiger partial charge < -0.3 is 19.6 Å². The molecule has 260 valence electrons. The molecule has 2 fully saturated rings. The largest absolute Gasteiger partial charge is 0.481 e. The van der Waals surface area contributed by atoms with Gasteiger partial charge in [0.05, 0.1) is 35.9 Å². The number of aliphatic carboxylic acids is 1. The number of amides is 1. The van der Waals surface area contributed by atoms with Gasteiger partial charge >= 0.3 is 24.4 Å². The third-order valence-corrected chi connectivity index (χ3v) is 9.11. The maximum atomic E-state index is 13.7. The molecule has 1 amide bonds. The monoisotopic (exact) mass is 682 g/mol. The van der Waals surface area contributed by atoms with Gasteiger partial charge in [0.1, 0.15) is 0 Å². The molecule has 0 radical (unpaired) electrons. The van der Waals surface area contributed by atoms with E-state index in [9.17, 15) is 41.0 Å². The Labute approximate surface area is 272 Å². The minimum absolute atomic E-state index is 0.0231. The number of hydrogen-bond donors (Lipinski definition) is 1. The van der Waals surface area contributed by atoms with Crippen LogP contribution in [0.3, 0.4) is 0 Å². The zero-order valence-corrected chi connectivity index (χ0v) is 26.3. The first-order chi connectivity index (χ1) is 22.6. The second kappa shape index (κ2) is 14.0. The van der Waals surface area contributed by atoms with Crippen molar-refractivity contribution in [1.29, 1.82) is 0 Å². The van der Waals surface area contributed by atoms with Gasteiger partial charge in [-0.15, -0.1) is 0 Å². The quantitative estimate of drug-likeness (QED) is 0.245. The maximum Gasteiger partial charge on any atom is 0.416 e. The van der Waals surface area contributed by atoms with E-state index in [1.165, 1.54) is 22.2 Å². The third kappa shape index (κ3) is 8.19. The van der Waals surface area contributed by atoms with Crippen LogP contribution >= 0.6 is 0 Å². The van der Waals surface area contributed by atoms with E-state index in [0.717, 1.165) is 0 Å². The van der Waals surface area contributed by atoms with Crippen LogP contribution in [0.5, 0.6) is 0 Å². The molecule has 0 bridgehead atoms. The maximum absolute atomic E-state index is 13.7. The number of benzene rings is 1. The van der Waals surface area contributed by atoms with Gasteiger partial charge in [-0.25, -0.2) is 14.8 Å². The van der Waals surface area contributed by atoms with E-state index in [4.69, 9.17) is 4.74 Å². The molecule has 1 aromatic carbocycles. The fourth-order valence-electron chi connectivity index (χ4n) is 6.44. The van der Waals surface area contributed by atoms with Crippen molar-refractivity contribution in [1.82, 2.24) is 24.6 Å². The highest BCUT2D eigenvalue weighted by Gasteiger charge is 2.41. The lowest BCUT2D eigenvalue weighted by atomic mass is 9.82. The fraction of sp³-hybridized carbons (Fsp3) is 0.531. The number of carboxylic acids is 1. The number of carbonyl (C=O) groups excluding carboxylic acids is 1. The number of rotatable bonds is 9. The van der Waals surface area contributed by atoms with E-state index in [1.54, 1.807) is 24.1 Å². The normalized spacial score (nSPS) is 21.7. The van der Waals surface area contributed by atoms with E-state index in [2.05, 4.69) is 15.1 Å². The number of halogens is 6. The Kier molecular flexibility index (Phi) is 10.2. The Morgan fingerprint density at radius 1 is 0.958 bits per heavy atom. The van der Waals surface area contributed by atoms with Gasteiger partial charge in [-0.1, -0.05) is 6.92 Å². The first-order valence-electron chi connectivity index (χ1n) is 15.6. The van der Waals surface area contributed by atoms with Crippen LogP contribution in [0.1, 0.15) is 62.1 Å². The van der Waals surface area contributed by atoms with Crippen molar-refractivity contribution in [3.8, 4) is 11.1 Å². The number of aryl methyl sites for hydroxylation is 1.